The van der Waals surface area contributed by atoms with Crippen LogP contribution in [0.1, 0.15) is 12.8 Å². The number of allylic oxidation sites excluding steroid dienone is 6. The van der Waals surface area contributed by atoms with Gasteiger partial charge < -0.3 is 0 Å². The first-order valence-electron chi connectivity index (χ1n) is 4.13. The van der Waals surface area contributed by atoms with Gasteiger partial charge in [0.15, 0.2) is 0 Å². The fraction of sp³-hybridized carbons (Fsp3) is 0.400. The lowest BCUT2D eigenvalue weighted by Gasteiger charge is -2.25. The maximum Gasteiger partial charge on any atom is 0.0327 e. The normalized spacial score (nSPS) is 33.8. The summed E-state index contributed by atoms with van der Waals surface area (Å²) >= 11 is 4.93. The Hall–Kier alpha value is 0.680. The monoisotopic (exact) mass is 384 g/mol. The smallest absolute Gasteiger partial charge is 0.0327 e. The van der Waals surface area contributed by atoms with Crippen molar-refractivity contribution in [3.63, 3.8) is 0 Å². The Kier molecular flexibility index (Phi) is 2.94. The summed E-state index contributed by atoms with van der Waals surface area (Å²) in [6.07, 6.45) is 11.8. The zero-order valence-corrected chi connectivity index (χ0v) is 10.9. The van der Waals surface area contributed by atoms with Crippen LogP contribution >= 0.6 is 45.2 Å². The van der Waals surface area contributed by atoms with Crippen molar-refractivity contribution in [1.82, 2.24) is 0 Å². The highest BCUT2D eigenvalue weighted by molar-refractivity contribution is 14.1. The van der Waals surface area contributed by atoms with Gasteiger partial charge in [0.1, 0.15) is 0 Å². The molecule has 0 heterocycles. The third kappa shape index (κ3) is 1.95. The van der Waals surface area contributed by atoms with Gasteiger partial charge in [0.25, 0.3) is 0 Å². The zero-order valence-electron chi connectivity index (χ0n) is 6.63. The van der Waals surface area contributed by atoms with Gasteiger partial charge in [-0.2, -0.15) is 0 Å². The quantitative estimate of drug-likeness (QED) is 0.337. The van der Waals surface area contributed by atoms with Crippen LogP contribution in [-0.2, 0) is 0 Å². The molecule has 12 heavy (non-hydrogen) atoms. The van der Waals surface area contributed by atoms with Crippen molar-refractivity contribution in [1.29, 1.82) is 0 Å². The molecule has 2 unspecified atom stereocenters. The summed E-state index contributed by atoms with van der Waals surface area (Å²) in [6, 6.07) is 0. The van der Waals surface area contributed by atoms with E-state index >= 15 is 0 Å². The Morgan fingerprint density at radius 3 is 2.83 bits per heavy atom. The molecule has 2 heteroatoms. The molecule has 0 aromatic carbocycles. The van der Waals surface area contributed by atoms with Gasteiger partial charge in [-0.3, -0.25) is 0 Å². The van der Waals surface area contributed by atoms with Crippen LogP contribution in [0.3, 0.4) is 0 Å². The second kappa shape index (κ2) is 3.82. The van der Waals surface area contributed by atoms with E-state index in [0.29, 0.717) is 9.84 Å². The molecule has 0 spiro atoms. The van der Waals surface area contributed by atoms with Gasteiger partial charge in [-0.05, 0) is 39.0 Å². The first-order chi connectivity index (χ1) is 5.75. The van der Waals surface area contributed by atoms with Gasteiger partial charge in [0, 0.05) is 9.84 Å². The van der Waals surface area contributed by atoms with E-state index in [9.17, 15) is 0 Å². The highest BCUT2D eigenvalue weighted by Gasteiger charge is 2.21. The molecule has 2 rings (SSSR count). The molecule has 0 amide bonds. The first-order valence-corrected chi connectivity index (χ1v) is 6.45. The van der Waals surface area contributed by atoms with Crippen molar-refractivity contribution in [2.75, 3.05) is 0 Å². The molecule has 0 bridgehead atoms. The van der Waals surface area contributed by atoms with E-state index < -0.39 is 0 Å². The minimum atomic E-state index is 0.716. The largest absolute Gasteiger partial charge is 0.0799 e. The third-order valence-corrected chi connectivity index (χ3v) is 4.01. The van der Waals surface area contributed by atoms with Crippen LogP contribution in [0, 0.1) is 5.92 Å². The Balaban J connectivity index is 2.25. The summed E-state index contributed by atoms with van der Waals surface area (Å²) in [4.78, 5) is 0. The van der Waals surface area contributed by atoms with E-state index in [2.05, 4.69) is 69.5 Å². The van der Waals surface area contributed by atoms with Crippen molar-refractivity contribution < 1.29 is 0 Å². The van der Waals surface area contributed by atoms with Crippen LogP contribution in [0.4, 0.5) is 0 Å². The molecule has 0 nitrogen and oxygen atoms in total. The third-order valence-electron chi connectivity index (χ3n) is 2.35. The predicted molar refractivity (Wildman–Crippen MR) is 69.9 cm³/mol. The average molecular weight is 384 g/mol. The van der Waals surface area contributed by atoms with Gasteiger partial charge in [0.2, 0.25) is 0 Å². The van der Waals surface area contributed by atoms with Crippen LogP contribution in [0.25, 0.3) is 0 Å². The van der Waals surface area contributed by atoms with Crippen molar-refractivity contribution in [3.8, 4) is 0 Å². The highest BCUT2D eigenvalue weighted by atomic mass is 127. The maximum atomic E-state index is 2.50. The van der Waals surface area contributed by atoms with Crippen molar-refractivity contribution in [2.24, 2.45) is 5.92 Å². The average Bonchev–Trinajstić information content (AvgIpc) is 2.05. The molecule has 0 radical (unpaired) electrons. The summed E-state index contributed by atoms with van der Waals surface area (Å²) in [5, 5.41) is 0. The van der Waals surface area contributed by atoms with Crippen molar-refractivity contribution in [3.05, 3.63) is 33.5 Å². The molecule has 0 aromatic rings. The molecule has 64 valence electrons. The fourth-order valence-corrected chi connectivity index (χ4v) is 3.09. The molecule has 0 aromatic heterocycles. The maximum absolute atomic E-state index is 2.50. The number of alkyl halides is 1. The van der Waals surface area contributed by atoms with E-state index in [-0.39, 0.29) is 0 Å². The lowest BCUT2D eigenvalue weighted by Crippen LogP contribution is -2.13. The summed E-state index contributed by atoms with van der Waals surface area (Å²) in [5.41, 5.74) is 1.62. The van der Waals surface area contributed by atoms with E-state index in [0.717, 1.165) is 0 Å². The van der Waals surface area contributed by atoms with Gasteiger partial charge in [-0.15, -0.1) is 0 Å². The van der Waals surface area contributed by atoms with E-state index in [4.69, 9.17) is 0 Å². The second-order valence-corrected chi connectivity index (χ2v) is 6.26. The van der Waals surface area contributed by atoms with Crippen molar-refractivity contribution >= 4 is 45.2 Å². The van der Waals surface area contributed by atoms with Gasteiger partial charge in [-0.1, -0.05) is 52.5 Å². The highest BCUT2D eigenvalue weighted by Crippen LogP contribution is 2.36. The molecule has 0 fully saturated rings. The molecule has 2 aliphatic rings. The van der Waals surface area contributed by atoms with Gasteiger partial charge in [-0.25, -0.2) is 0 Å². The SMILES string of the molecule is IC1=CC=C2CC(I)C=CC2C1. The van der Waals surface area contributed by atoms with E-state index in [1.165, 1.54) is 16.4 Å². The standard InChI is InChI=1S/C10H10I2/c11-9-3-1-7-5-10(12)4-2-8(7)6-9/h1-4,7,9H,5-6H2. The van der Waals surface area contributed by atoms with Crippen LogP contribution in [0.5, 0.6) is 0 Å². The Morgan fingerprint density at radius 2 is 2.00 bits per heavy atom. The number of hydrogen-bond acceptors (Lipinski definition) is 0. The Morgan fingerprint density at radius 1 is 1.17 bits per heavy atom. The van der Waals surface area contributed by atoms with Crippen LogP contribution in [0.2, 0.25) is 0 Å². The number of hydrogen-bond donors (Lipinski definition) is 0. The molecule has 2 aliphatic carbocycles. The minimum Gasteiger partial charge on any atom is -0.0799 e. The zero-order chi connectivity index (χ0) is 8.55. The molecule has 0 aliphatic heterocycles. The summed E-state index contributed by atoms with van der Waals surface area (Å²) in [7, 11) is 0. The Labute approximate surface area is 100 Å². The fourth-order valence-electron chi connectivity index (χ4n) is 1.69. The summed E-state index contributed by atoms with van der Waals surface area (Å²) in [6.45, 7) is 0. The van der Waals surface area contributed by atoms with Gasteiger partial charge >= 0.3 is 0 Å². The number of rotatable bonds is 0. The van der Waals surface area contributed by atoms with E-state index in [1.807, 2.05) is 0 Å². The lowest BCUT2D eigenvalue weighted by atomic mass is 9.85. The van der Waals surface area contributed by atoms with Crippen LogP contribution in [-0.4, -0.2) is 3.92 Å². The van der Waals surface area contributed by atoms with Crippen molar-refractivity contribution in [2.45, 2.75) is 16.8 Å². The Bertz CT molecular complexity index is 274. The molecular weight excluding hydrogens is 374 g/mol. The second-order valence-electron chi connectivity index (χ2n) is 3.27. The predicted octanol–water partition coefficient (Wildman–Crippen LogP) is 4.02. The number of halogens is 2. The van der Waals surface area contributed by atoms with Crippen LogP contribution < -0.4 is 0 Å². The van der Waals surface area contributed by atoms with Gasteiger partial charge in [0.05, 0.1) is 0 Å². The topological polar surface area (TPSA) is 0 Å². The summed E-state index contributed by atoms with van der Waals surface area (Å²) < 4.78 is 2.20. The molecule has 0 saturated carbocycles. The molecule has 2 atom stereocenters. The molecule has 0 N–H and O–H groups in total. The first kappa shape index (κ1) is 9.24. The molecule has 0 saturated heterocycles. The van der Waals surface area contributed by atoms with Crippen LogP contribution in [0.15, 0.2) is 33.5 Å². The van der Waals surface area contributed by atoms with E-state index in [1.54, 1.807) is 5.57 Å². The minimum absolute atomic E-state index is 0.716. The lowest BCUT2D eigenvalue weighted by molar-refractivity contribution is 0.693. The number of fused-ring (bicyclic) bond motifs is 1. The molecular formula is C10H10I2. The summed E-state index contributed by atoms with van der Waals surface area (Å²) in [5.74, 6) is 0.716.